The first-order valence-corrected chi connectivity index (χ1v) is 10.8. The summed E-state index contributed by atoms with van der Waals surface area (Å²) in [5, 5.41) is 7.52. The molecule has 33 heavy (non-hydrogen) atoms. The molecule has 0 bridgehead atoms. The molecule has 3 heterocycles. The molecule has 0 amide bonds. The summed E-state index contributed by atoms with van der Waals surface area (Å²) in [5.41, 5.74) is 3.83. The molecule has 0 spiro atoms. The minimum absolute atomic E-state index is 0.275. The lowest BCUT2D eigenvalue weighted by molar-refractivity contribution is 0.616. The number of H-pyrrole nitrogens is 1. The number of furan rings is 1. The summed E-state index contributed by atoms with van der Waals surface area (Å²) >= 11 is 6.14. The van der Waals surface area contributed by atoms with Gasteiger partial charge in [0.05, 0.1) is 17.1 Å². The van der Waals surface area contributed by atoms with E-state index in [1.54, 1.807) is 30.5 Å². The van der Waals surface area contributed by atoms with E-state index < -0.39 is 0 Å². The van der Waals surface area contributed by atoms with E-state index in [0.717, 1.165) is 27.5 Å². The van der Waals surface area contributed by atoms with Gasteiger partial charge in [0.15, 0.2) is 5.76 Å². The number of aryl methyl sites for hydroxylation is 1. The number of hydrogen-bond donors (Lipinski definition) is 1. The first kappa shape index (κ1) is 19.5. The Kier molecular flexibility index (Phi) is 4.41. The fourth-order valence-electron chi connectivity index (χ4n) is 4.09. The summed E-state index contributed by atoms with van der Waals surface area (Å²) < 4.78 is 7.32. The van der Waals surface area contributed by atoms with E-state index >= 15 is 0 Å². The molecule has 0 fully saturated rings. The van der Waals surface area contributed by atoms with Crippen LogP contribution in [0.4, 0.5) is 0 Å². The Morgan fingerprint density at radius 3 is 2.70 bits per heavy atom. The maximum atomic E-state index is 13.4. The second-order valence-electron chi connectivity index (χ2n) is 7.82. The molecular weight excluding hydrogens is 436 g/mol. The highest BCUT2D eigenvalue weighted by molar-refractivity contribution is 6.31. The van der Waals surface area contributed by atoms with Gasteiger partial charge in [0, 0.05) is 32.6 Å². The molecule has 6 rings (SSSR count). The zero-order valence-corrected chi connectivity index (χ0v) is 18.3. The first-order valence-electron chi connectivity index (χ1n) is 10.4. The van der Waals surface area contributed by atoms with Crippen LogP contribution < -0.4 is 5.56 Å². The molecule has 0 saturated heterocycles. The molecule has 0 atom stereocenters. The number of para-hydroxylation sites is 2. The molecule has 7 heteroatoms. The molecule has 160 valence electrons. The van der Waals surface area contributed by atoms with E-state index in [-0.39, 0.29) is 5.56 Å². The van der Waals surface area contributed by atoms with E-state index in [2.05, 4.69) is 10.1 Å². The number of aromatic amines is 1. The van der Waals surface area contributed by atoms with Crippen LogP contribution in [0.25, 0.3) is 44.4 Å². The summed E-state index contributed by atoms with van der Waals surface area (Å²) in [7, 11) is 0. The van der Waals surface area contributed by atoms with Crippen molar-refractivity contribution >= 4 is 50.6 Å². The van der Waals surface area contributed by atoms with Gasteiger partial charge in [-0.3, -0.25) is 4.79 Å². The Morgan fingerprint density at radius 2 is 1.82 bits per heavy atom. The Hall–Kier alpha value is -4.16. The summed E-state index contributed by atoms with van der Waals surface area (Å²) in [6.07, 6.45) is 1.69. The standard InChI is InChI=1S/C26H17ClN4O2/c1-15-20(18-6-2-4-8-21(18)29-15)14-28-31-25(30-22-9-5-3-7-19(22)26(31)32)24-13-16-12-17(27)10-11-23(16)33-24/h2-14,29H,1H3. The lowest BCUT2D eigenvalue weighted by Gasteiger charge is -2.07. The third kappa shape index (κ3) is 3.23. The van der Waals surface area contributed by atoms with Gasteiger partial charge in [-0.1, -0.05) is 41.9 Å². The molecule has 0 radical (unpaired) electrons. The molecule has 0 saturated carbocycles. The van der Waals surface area contributed by atoms with Crippen molar-refractivity contribution in [1.29, 1.82) is 0 Å². The smallest absolute Gasteiger partial charge is 0.282 e. The highest BCUT2D eigenvalue weighted by Crippen LogP contribution is 2.29. The fraction of sp³-hybridized carbons (Fsp3) is 0.0385. The minimum Gasteiger partial charge on any atom is -0.453 e. The maximum absolute atomic E-state index is 13.4. The number of fused-ring (bicyclic) bond motifs is 3. The Balaban J connectivity index is 1.60. The van der Waals surface area contributed by atoms with Crippen LogP contribution in [0.3, 0.4) is 0 Å². The third-order valence-corrected chi connectivity index (χ3v) is 5.93. The average Bonchev–Trinajstić information content (AvgIpc) is 3.38. The van der Waals surface area contributed by atoms with Crippen LogP contribution in [-0.2, 0) is 0 Å². The third-order valence-electron chi connectivity index (χ3n) is 5.70. The molecule has 1 N–H and O–H groups in total. The number of hydrogen-bond acceptors (Lipinski definition) is 4. The average molecular weight is 453 g/mol. The second kappa shape index (κ2) is 7.46. The van der Waals surface area contributed by atoms with E-state index in [4.69, 9.17) is 21.0 Å². The highest BCUT2D eigenvalue weighted by Gasteiger charge is 2.17. The molecule has 0 aliphatic heterocycles. The molecule has 0 unspecified atom stereocenters. The largest absolute Gasteiger partial charge is 0.453 e. The SMILES string of the molecule is Cc1[nH]c2ccccc2c1C=Nn1c(-c2cc3cc(Cl)ccc3o2)nc2ccccc2c1=O. The van der Waals surface area contributed by atoms with Gasteiger partial charge in [0.2, 0.25) is 5.82 Å². The van der Waals surface area contributed by atoms with Crippen molar-refractivity contribution in [3.63, 3.8) is 0 Å². The maximum Gasteiger partial charge on any atom is 0.282 e. The van der Waals surface area contributed by atoms with Crippen LogP contribution in [0.2, 0.25) is 5.02 Å². The van der Waals surface area contributed by atoms with E-state index in [0.29, 0.717) is 33.1 Å². The predicted octanol–water partition coefficient (Wildman–Crippen LogP) is 6.14. The van der Waals surface area contributed by atoms with Crippen molar-refractivity contribution in [2.45, 2.75) is 6.92 Å². The molecule has 3 aromatic heterocycles. The van der Waals surface area contributed by atoms with Crippen LogP contribution in [0, 0.1) is 6.92 Å². The Bertz CT molecular complexity index is 1770. The summed E-state index contributed by atoms with van der Waals surface area (Å²) in [5.74, 6) is 0.752. The van der Waals surface area contributed by atoms with Crippen molar-refractivity contribution < 1.29 is 4.42 Å². The lowest BCUT2D eigenvalue weighted by atomic mass is 10.1. The van der Waals surface area contributed by atoms with Crippen molar-refractivity contribution in [2.24, 2.45) is 5.10 Å². The number of aromatic nitrogens is 3. The highest BCUT2D eigenvalue weighted by atomic mass is 35.5. The van der Waals surface area contributed by atoms with Gasteiger partial charge in [-0.15, -0.1) is 0 Å². The number of benzene rings is 3. The summed E-state index contributed by atoms with van der Waals surface area (Å²) in [6.45, 7) is 1.98. The van der Waals surface area contributed by atoms with Gasteiger partial charge >= 0.3 is 0 Å². The van der Waals surface area contributed by atoms with Crippen LogP contribution in [0.5, 0.6) is 0 Å². The number of rotatable bonds is 3. The van der Waals surface area contributed by atoms with Gasteiger partial charge in [-0.2, -0.15) is 9.78 Å². The number of nitrogens with zero attached hydrogens (tertiary/aromatic N) is 3. The van der Waals surface area contributed by atoms with Crippen molar-refractivity contribution in [1.82, 2.24) is 14.6 Å². The molecule has 0 aliphatic rings. The van der Waals surface area contributed by atoms with E-state index in [9.17, 15) is 4.79 Å². The lowest BCUT2D eigenvalue weighted by Crippen LogP contribution is -2.20. The number of halogens is 1. The minimum atomic E-state index is -0.275. The van der Waals surface area contributed by atoms with Gasteiger partial charge in [0.25, 0.3) is 5.56 Å². The summed E-state index contributed by atoms with van der Waals surface area (Å²) in [6, 6.07) is 22.4. The van der Waals surface area contributed by atoms with Crippen molar-refractivity contribution in [3.05, 3.63) is 99.4 Å². The first-order chi connectivity index (χ1) is 16.1. The van der Waals surface area contributed by atoms with E-state index in [1.165, 1.54) is 4.68 Å². The molecule has 6 aromatic rings. The van der Waals surface area contributed by atoms with Crippen LogP contribution in [0.1, 0.15) is 11.3 Å². The van der Waals surface area contributed by atoms with Crippen LogP contribution in [-0.4, -0.2) is 20.9 Å². The molecular formula is C26H17ClN4O2. The Morgan fingerprint density at radius 1 is 1.03 bits per heavy atom. The second-order valence-corrected chi connectivity index (χ2v) is 8.25. The molecule has 6 nitrogen and oxygen atoms in total. The topological polar surface area (TPSA) is 76.2 Å². The van der Waals surface area contributed by atoms with Gasteiger partial charge in [0.1, 0.15) is 5.58 Å². The predicted molar refractivity (Wildman–Crippen MR) is 132 cm³/mol. The van der Waals surface area contributed by atoms with Gasteiger partial charge in [-0.25, -0.2) is 4.98 Å². The fourth-order valence-corrected chi connectivity index (χ4v) is 4.28. The van der Waals surface area contributed by atoms with Crippen molar-refractivity contribution in [3.8, 4) is 11.6 Å². The van der Waals surface area contributed by atoms with Gasteiger partial charge < -0.3 is 9.40 Å². The molecule has 0 aliphatic carbocycles. The monoisotopic (exact) mass is 452 g/mol. The van der Waals surface area contributed by atoms with Crippen molar-refractivity contribution in [2.75, 3.05) is 0 Å². The zero-order valence-electron chi connectivity index (χ0n) is 17.5. The van der Waals surface area contributed by atoms with Crippen LogP contribution in [0.15, 0.2) is 87.1 Å². The zero-order chi connectivity index (χ0) is 22.5. The normalized spacial score (nSPS) is 11.9. The quantitative estimate of drug-likeness (QED) is 0.328. The van der Waals surface area contributed by atoms with E-state index in [1.807, 2.05) is 55.5 Å². The number of nitrogens with one attached hydrogen (secondary N) is 1. The summed E-state index contributed by atoms with van der Waals surface area (Å²) in [4.78, 5) is 21.5. The van der Waals surface area contributed by atoms with Gasteiger partial charge in [-0.05, 0) is 49.4 Å². The Labute approximate surface area is 192 Å². The molecule has 3 aromatic carbocycles. The van der Waals surface area contributed by atoms with Crippen LogP contribution >= 0.6 is 11.6 Å².